The Kier molecular flexibility index (Phi) is 8.59. The average molecular weight is 340 g/mol. The van der Waals surface area contributed by atoms with Crippen LogP contribution in [0.1, 0.15) is 62.7 Å². The van der Waals surface area contributed by atoms with Gasteiger partial charge in [0.15, 0.2) is 0 Å². The second kappa shape index (κ2) is 9.98. The fraction of sp³-hybridized carbons (Fsp3) is 0.588. The molecule has 0 saturated heterocycles. The van der Waals surface area contributed by atoms with Crippen LogP contribution in [0.5, 0.6) is 0 Å². The molecule has 0 fully saturated rings. The van der Waals surface area contributed by atoms with Crippen LogP contribution >= 0.6 is 15.9 Å². The van der Waals surface area contributed by atoms with Gasteiger partial charge >= 0.3 is 0 Å². The fourth-order valence-electron chi connectivity index (χ4n) is 2.22. The van der Waals surface area contributed by atoms with Gasteiger partial charge in [-0.3, -0.25) is 4.79 Å². The highest BCUT2D eigenvalue weighted by atomic mass is 79.9. The summed E-state index contributed by atoms with van der Waals surface area (Å²) in [6, 6.07) is 7.69. The SMILES string of the molecule is CCCCCN(CCCCC)C(=O)c1cccc(Br)c1. The van der Waals surface area contributed by atoms with Gasteiger partial charge in [0.1, 0.15) is 0 Å². The lowest BCUT2D eigenvalue weighted by molar-refractivity contribution is 0.0749. The second-order valence-electron chi connectivity index (χ2n) is 5.22. The van der Waals surface area contributed by atoms with Gasteiger partial charge in [-0.15, -0.1) is 0 Å². The molecule has 20 heavy (non-hydrogen) atoms. The van der Waals surface area contributed by atoms with Crippen LogP contribution in [0.15, 0.2) is 28.7 Å². The summed E-state index contributed by atoms with van der Waals surface area (Å²) in [4.78, 5) is 14.6. The van der Waals surface area contributed by atoms with E-state index < -0.39 is 0 Å². The van der Waals surface area contributed by atoms with Gasteiger partial charge in [0.2, 0.25) is 0 Å². The van der Waals surface area contributed by atoms with Crippen molar-refractivity contribution in [2.75, 3.05) is 13.1 Å². The molecular formula is C17H26BrNO. The molecular weight excluding hydrogens is 314 g/mol. The lowest BCUT2D eigenvalue weighted by Crippen LogP contribution is -2.33. The molecule has 0 N–H and O–H groups in total. The van der Waals surface area contributed by atoms with E-state index in [1.165, 1.54) is 25.7 Å². The molecule has 1 aromatic carbocycles. The van der Waals surface area contributed by atoms with E-state index in [0.717, 1.165) is 36.0 Å². The molecule has 112 valence electrons. The van der Waals surface area contributed by atoms with Gasteiger partial charge in [0.25, 0.3) is 5.91 Å². The van der Waals surface area contributed by atoms with E-state index in [2.05, 4.69) is 29.8 Å². The predicted molar refractivity (Wildman–Crippen MR) is 89.1 cm³/mol. The molecule has 0 atom stereocenters. The lowest BCUT2D eigenvalue weighted by Gasteiger charge is -2.23. The molecule has 2 nitrogen and oxygen atoms in total. The van der Waals surface area contributed by atoms with E-state index in [9.17, 15) is 4.79 Å². The second-order valence-corrected chi connectivity index (χ2v) is 6.13. The molecule has 1 aromatic rings. The zero-order chi connectivity index (χ0) is 14.8. The summed E-state index contributed by atoms with van der Waals surface area (Å²) in [5, 5.41) is 0. The number of hydrogen-bond donors (Lipinski definition) is 0. The van der Waals surface area contributed by atoms with Gasteiger partial charge in [-0.2, -0.15) is 0 Å². The minimum absolute atomic E-state index is 0.165. The monoisotopic (exact) mass is 339 g/mol. The Labute approximate surface area is 131 Å². The molecule has 0 spiro atoms. The first-order valence-electron chi connectivity index (χ1n) is 7.73. The van der Waals surface area contributed by atoms with Crippen molar-refractivity contribution in [3.05, 3.63) is 34.3 Å². The molecule has 0 saturated carbocycles. The van der Waals surface area contributed by atoms with Gasteiger partial charge in [-0.25, -0.2) is 0 Å². The minimum Gasteiger partial charge on any atom is -0.339 e. The van der Waals surface area contributed by atoms with Crippen LogP contribution in [0.3, 0.4) is 0 Å². The third kappa shape index (κ3) is 6.08. The molecule has 0 aliphatic carbocycles. The maximum atomic E-state index is 12.6. The van der Waals surface area contributed by atoms with Gasteiger partial charge in [-0.1, -0.05) is 61.5 Å². The van der Waals surface area contributed by atoms with Crippen molar-refractivity contribution < 1.29 is 4.79 Å². The number of carbonyl (C=O) groups is 1. The molecule has 1 rings (SSSR count). The number of hydrogen-bond acceptors (Lipinski definition) is 1. The number of nitrogens with zero attached hydrogens (tertiary/aromatic N) is 1. The van der Waals surface area contributed by atoms with Gasteiger partial charge in [-0.05, 0) is 31.0 Å². The van der Waals surface area contributed by atoms with Crippen molar-refractivity contribution in [2.24, 2.45) is 0 Å². The van der Waals surface area contributed by atoms with Crippen molar-refractivity contribution in [1.82, 2.24) is 4.90 Å². The van der Waals surface area contributed by atoms with Crippen LogP contribution in [-0.2, 0) is 0 Å². The third-order valence-corrected chi connectivity index (χ3v) is 3.92. The first-order valence-corrected chi connectivity index (χ1v) is 8.53. The Hall–Kier alpha value is -0.830. The Morgan fingerprint density at radius 2 is 1.65 bits per heavy atom. The maximum Gasteiger partial charge on any atom is 0.253 e. The summed E-state index contributed by atoms with van der Waals surface area (Å²) in [7, 11) is 0. The zero-order valence-corrected chi connectivity index (χ0v) is 14.3. The molecule has 0 aliphatic rings. The average Bonchev–Trinajstić information content (AvgIpc) is 2.45. The van der Waals surface area contributed by atoms with Crippen molar-refractivity contribution in [1.29, 1.82) is 0 Å². The smallest absolute Gasteiger partial charge is 0.253 e. The van der Waals surface area contributed by atoms with Crippen LogP contribution in [0.25, 0.3) is 0 Å². The fourth-order valence-corrected chi connectivity index (χ4v) is 2.62. The molecule has 3 heteroatoms. The van der Waals surface area contributed by atoms with Crippen LogP contribution < -0.4 is 0 Å². The van der Waals surface area contributed by atoms with E-state index in [0.29, 0.717) is 0 Å². The molecule has 0 aliphatic heterocycles. The van der Waals surface area contributed by atoms with E-state index in [4.69, 9.17) is 0 Å². The van der Waals surface area contributed by atoms with Crippen molar-refractivity contribution in [2.45, 2.75) is 52.4 Å². The summed E-state index contributed by atoms with van der Waals surface area (Å²) in [6.07, 6.45) is 6.96. The Bertz CT molecular complexity index is 396. The quantitative estimate of drug-likeness (QED) is 0.561. The molecule has 0 unspecified atom stereocenters. The number of halogens is 1. The highest BCUT2D eigenvalue weighted by Crippen LogP contribution is 2.15. The first kappa shape index (κ1) is 17.2. The number of rotatable bonds is 9. The highest BCUT2D eigenvalue weighted by Gasteiger charge is 2.15. The zero-order valence-electron chi connectivity index (χ0n) is 12.7. The topological polar surface area (TPSA) is 20.3 Å². The van der Waals surface area contributed by atoms with Gasteiger partial charge in [0, 0.05) is 23.1 Å². The predicted octanol–water partition coefficient (Wildman–Crippen LogP) is 5.27. The summed E-state index contributed by atoms with van der Waals surface area (Å²) in [5.74, 6) is 0.165. The van der Waals surface area contributed by atoms with Gasteiger partial charge in [0.05, 0.1) is 0 Å². The standard InChI is InChI=1S/C17H26BrNO/c1-3-5-7-12-19(13-8-6-4-2)17(20)15-10-9-11-16(18)14-15/h9-11,14H,3-8,12-13H2,1-2H3. The highest BCUT2D eigenvalue weighted by molar-refractivity contribution is 9.10. The molecule has 1 amide bonds. The molecule has 0 heterocycles. The Balaban J connectivity index is 2.66. The summed E-state index contributed by atoms with van der Waals surface area (Å²) >= 11 is 3.44. The summed E-state index contributed by atoms with van der Waals surface area (Å²) < 4.78 is 0.963. The third-order valence-electron chi connectivity index (χ3n) is 3.42. The van der Waals surface area contributed by atoms with E-state index in [-0.39, 0.29) is 5.91 Å². The van der Waals surface area contributed by atoms with Crippen molar-refractivity contribution >= 4 is 21.8 Å². The van der Waals surface area contributed by atoms with Gasteiger partial charge < -0.3 is 4.90 Å². The number of carbonyl (C=O) groups excluding carboxylic acids is 1. The Morgan fingerprint density at radius 1 is 1.05 bits per heavy atom. The number of benzene rings is 1. The molecule has 0 bridgehead atoms. The van der Waals surface area contributed by atoms with Crippen LogP contribution in [0, 0.1) is 0 Å². The molecule has 0 radical (unpaired) electrons. The van der Waals surface area contributed by atoms with E-state index >= 15 is 0 Å². The first-order chi connectivity index (χ1) is 9.69. The largest absolute Gasteiger partial charge is 0.339 e. The van der Waals surface area contributed by atoms with E-state index in [1.54, 1.807) is 0 Å². The number of amides is 1. The maximum absolute atomic E-state index is 12.6. The minimum atomic E-state index is 0.165. The normalized spacial score (nSPS) is 10.6. The summed E-state index contributed by atoms with van der Waals surface area (Å²) in [5.41, 5.74) is 0.785. The van der Waals surface area contributed by atoms with E-state index in [1.807, 2.05) is 29.2 Å². The summed E-state index contributed by atoms with van der Waals surface area (Å²) in [6.45, 7) is 6.14. The van der Waals surface area contributed by atoms with Crippen LogP contribution in [0.2, 0.25) is 0 Å². The Morgan fingerprint density at radius 3 is 2.15 bits per heavy atom. The number of unbranched alkanes of at least 4 members (excludes halogenated alkanes) is 4. The van der Waals surface area contributed by atoms with Crippen molar-refractivity contribution in [3.8, 4) is 0 Å². The van der Waals surface area contributed by atoms with Crippen LogP contribution in [-0.4, -0.2) is 23.9 Å². The van der Waals surface area contributed by atoms with Crippen LogP contribution in [0.4, 0.5) is 0 Å². The molecule has 0 aromatic heterocycles. The van der Waals surface area contributed by atoms with Crippen molar-refractivity contribution in [3.63, 3.8) is 0 Å². The lowest BCUT2D eigenvalue weighted by atomic mass is 10.1.